The maximum atomic E-state index is 5.53. The van der Waals surface area contributed by atoms with Crippen LogP contribution in [-0.4, -0.2) is 6.04 Å². The van der Waals surface area contributed by atoms with Crippen LogP contribution < -0.4 is 11.3 Å². The molecule has 0 aliphatic heterocycles. The lowest BCUT2D eigenvalue weighted by Gasteiger charge is -2.31. The van der Waals surface area contributed by atoms with E-state index in [1.54, 1.807) is 0 Å². The molecule has 0 aromatic rings. The van der Waals surface area contributed by atoms with Crippen molar-refractivity contribution in [3.05, 3.63) is 12.7 Å². The van der Waals surface area contributed by atoms with E-state index in [0.29, 0.717) is 6.04 Å². The van der Waals surface area contributed by atoms with Crippen LogP contribution in [0.3, 0.4) is 0 Å². The largest absolute Gasteiger partial charge is 0.271 e. The van der Waals surface area contributed by atoms with Gasteiger partial charge < -0.3 is 0 Å². The second-order valence-corrected chi connectivity index (χ2v) is 4.32. The molecule has 2 nitrogen and oxygen atoms in total. The number of hydrogen-bond acceptors (Lipinski definition) is 2. The van der Waals surface area contributed by atoms with Crippen LogP contribution >= 0.6 is 0 Å². The summed E-state index contributed by atoms with van der Waals surface area (Å²) in [6, 6.07) is 0.449. The molecule has 0 spiro atoms. The van der Waals surface area contributed by atoms with Crippen molar-refractivity contribution in [1.82, 2.24) is 5.43 Å². The Bertz CT molecular complexity index is 148. The molecule has 3 N–H and O–H groups in total. The minimum atomic E-state index is 0.449. The first kappa shape index (κ1) is 10.7. The zero-order chi connectivity index (χ0) is 9.68. The van der Waals surface area contributed by atoms with Gasteiger partial charge in [0.1, 0.15) is 0 Å². The summed E-state index contributed by atoms with van der Waals surface area (Å²) in [7, 11) is 0. The van der Waals surface area contributed by atoms with Crippen molar-refractivity contribution < 1.29 is 0 Å². The molecule has 2 heteroatoms. The minimum Gasteiger partial charge on any atom is -0.271 e. The van der Waals surface area contributed by atoms with Gasteiger partial charge in [-0.3, -0.25) is 11.3 Å². The predicted molar refractivity (Wildman–Crippen MR) is 57.0 cm³/mol. The standard InChI is InChI=1S/C11H22N2/c1-3-4-11(13-12)10-7-5-9(2)6-8-10/h3,9-11,13H,1,4-8,12H2,2H3. The summed E-state index contributed by atoms with van der Waals surface area (Å²) in [4.78, 5) is 0. The SMILES string of the molecule is C=CCC(NN)C1CCC(C)CC1. The van der Waals surface area contributed by atoms with Gasteiger partial charge in [0.05, 0.1) is 0 Å². The highest BCUT2D eigenvalue weighted by Crippen LogP contribution is 2.31. The predicted octanol–water partition coefficient (Wildman–Crippen LogP) is 2.22. The van der Waals surface area contributed by atoms with Crippen LogP contribution in [-0.2, 0) is 0 Å². The van der Waals surface area contributed by atoms with E-state index in [1.807, 2.05) is 6.08 Å². The van der Waals surface area contributed by atoms with E-state index in [2.05, 4.69) is 18.9 Å². The molecule has 0 heterocycles. The highest BCUT2D eigenvalue weighted by Gasteiger charge is 2.24. The third-order valence-electron chi connectivity index (χ3n) is 3.26. The fourth-order valence-electron chi connectivity index (χ4n) is 2.26. The van der Waals surface area contributed by atoms with Gasteiger partial charge in [0, 0.05) is 6.04 Å². The molecule has 0 aromatic carbocycles. The average Bonchev–Trinajstić information content (AvgIpc) is 2.16. The van der Waals surface area contributed by atoms with Gasteiger partial charge in [-0.25, -0.2) is 0 Å². The third-order valence-corrected chi connectivity index (χ3v) is 3.26. The number of nitrogens with one attached hydrogen (secondary N) is 1. The van der Waals surface area contributed by atoms with E-state index in [-0.39, 0.29) is 0 Å². The maximum Gasteiger partial charge on any atom is 0.0273 e. The first-order valence-electron chi connectivity index (χ1n) is 5.35. The quantitative estimate of drug-likeness (QED) is 0.397. The molecular weight excluding hydrogens is 160 g/mol. The Balaban J connectivity index is 2.36. The van der Waals surface area contributed by atoms with Crippen molar-refractivity contribution in [2.45, 2.75) is 45.1 Å². The highest BCUT2D eigenvalue weighted by molar-refractivity contribution is 4.84. The summed E-state index contributed by atoms with van der Waals surface area (Å²) in [5.41, 5.74) is 2.92. The van der Waals surface area contributed by atoms with Crippen LogP contribution in [0, 0.1) is 11.8 Å². The second kappa shape index (κ2) is 5.40. The summed E-state index contributed by atoms with van der Waals surface area (Å²) in [5, 5.41) is 0. The van der Waals surface area contributed by atoms with E-state index in [9.17, 15) is 0 Å². The summed E-state index contributed by atoms with van der Waals surface area (Å²) in [5.74, 6) is 7.20. The zero-order valence-electron chi connectivity index (χ0n) is 8.63. The molecule has 0 saturated heterocycles. The Hall–Kier alpha value is -0.340. The Labute approximate surface area is 81.6 Å². The minimum absolute atomic E-state index is 0.449. The van der Waals surface area contributed by atoms with Gasteiger partial charge in [0.25, 0.3) is 0 Å². The van der Waals surface area contributed by atoms with Crippen molar-refractivity contribution in [3.63, 3.8) is 0 Å². The molecule has 0 bridgehead atoms. The van der Waals surface area contributed by atoms with Gasteiger partial charge in [-0.05, 0) is 31.1 Å². The summed E-state index contributed by atoms with van der Waals surface area (Å²) < 4.78 is 0. The molecule has 76 valence electrons. The van der Waals surface area contributed by atoms with Gasteiger partial charge in [0.2, 0.25) is 0 Å². The molecule has 1 aliphatic carbocycles. The number of rotatable bonds is 4. The fourth-order valence-corrected chi connectivity index (χ4v) is 2.26. The van der Waals surface area contributed by atoms with E-state index < -0.39 is 0 Å². The van der Waals surface area contributed by atoms with Crippen LogP contribution in [0.1, 0.15) is 39.0 Å². The zero-order valence-corrected chi connectivity index (χ0v) is 8.63. The van der Waals surface area contributed by atoms with Crippen molar-refractivity contribution >= 4 is 0 Å². The lowest BCUT2D eigenvalue weighted by molar-refractivity contribution is 0.231. The van der Waals surface area contributed by atoms with E-state index >= 15 is 0 Å². The van der Waals surface area contributed by atoms with Crippen molar-refractivity contribution in [1.29, 1.82) is 0 Å². The monoisotopic (exact) mass is 182 g/mol. The molecule has 1 fully saturated rings. The van der Waals surface area contributed by atoms with Gasteiger partial charge in [-0.2, -0.15) is 0 Å². The van der Waals surface area contributed by atoms with Gasteiger partial charge in [-0.15, -0.1) is 6.58 Å². The topological polar surface area (TPSA) is 38.0 Å². The Morgan fingerprint density at radius 3 is 2.54 bits per heavy atom. The first-order valence-corrected chi connectivity index (χ1v) is 5.35. The van der Waals surface area contributed by atoms with E-state index in [0.717, 1.165) is 18.3 Å². The lowest BCUT2D eigenvalue weighted by atomic mass is 9.78. The van der Waals surface area contributed by atoms with Crippen LogP contribution in [0.25, 0.3) is 0 Å². The summed E-state index contributed by atoms with van der Waals surface area (Å²) in [6.07, 6.45) is 8.33. The lowest BCUT2D eigenvalue weighted by Crippen LogP contribution is -2.41. The third kappa shape index (κ3) is 3.12. The molecule has 1 rings (SSSR count). The average molecular weight is 182 g/mol. The molecule has 1 unspecified atom stereocenters. The molecule has 1 saturated carbocycles. The highest BCUT2D eigenvalue weighted by atomic mass is 15.2. The van der Waals surface area contributed by atoms with E-state index in [4.69, 9.17) is 5.84 Å². The molecule has 0 aromatic heterocycles. The van der Waals surface area contributed by atoms with Crippen molar-refractivity contribution in [3.8, 4) is 0 Å². The molecular formula is C11H22N2. The van der Waals surface area contributed by atoms with E-state index in [1.165, 1.54) is 25.7 Å². The van der Waals surface area contributed by atoms with Crippen LogP contribution in [0.4, 0.5) is 0 Å². The maximum absolute atomic E-state index is 5.53. The Kier molecular flexibility index (Phi) is 4.46. The number of hydrazine groups is 1. The van der Waals surface area contributed by atoms with Gasteiger partial charge in [-0.1, -0.05) is 25.8 Å². The molecule has 1 atom stereocenters. The Morgan fingerprint density at radius 2 is 2.08 bits per heavy atom. The molecule has 1 aliphatic rings. The molecule has 13 heavy (non-hydrogen) atoms. The second-order valence-electron chi connectivity index (χ2n) is 4.32. The van der Waals surface area contributed by atoms with Crippen LogP contribution in [0.5, 0.6) is 0 Å². The Morgan fingerprint density at radius 1 is 1.46 bits per heavy atom. The van der Waals surface area contributed by atoms with Gasteiger partial charge >= 0.3 is 0 Å². The fraction of sp³-hybridized carbons (Fsp3) is 0.818. The number of hydrogen-bond donors (Lipinski definition) is 2. The van der Waals surface area contributed by atoms with Crippen LogP contribution in [0.15, 0.2) is 12.7 Å². The van der Waals surface area contributed by atoms with Gasteiger partial charge in [0.15, 0.2) is 0 Å². The summed E-state index contributed by atoms with van der Waals surface area (Å²) in [6.45, 7) is 6.10. The summed E-state index contributed by atoms with van der Waals surface area (Å²) >= 11 is 0. The number of nitrogens with two attached hydrogens (primary N) is 1. The smallest absolute Gasteiger partial charge is 0.0273 e. The normalized spacial score (nSPS) is 31.2. The van der Waals surface area contributed by atoms with Crippen molar-refractivity contribution in [2.75, 3.05) is 0 Å². The first-order chi connectivity index (χ1) is 6.27. The molecule has 0 amide bonds. The van der Waals surface area contributed by atoms with Crippen molar-refractivity contribution in [2.24, 2.45) is 17.7 Å². The molecule has 0 radical (unpaired) electrons. The van der Waals surface area contributed by atoms with Crippen LogP contribution in [0.2, 0.25) is 0 Å².